The van der Waals surface area contributed by atoms with E-state index in [0.717, 1.165) is 35.3 Å². The normalized spacial score (nSPS) is 11.0. The molecule has 0 atom stereocenters. The molecular formula is C19H23N5O2S. The van der Waals surface area contributed by atoms with Crippen LogP contribution in [0.25, 0.3) is 4.96 Å². The third kappa shape index (κ3) is 4.16. The van der Waals surface area contributed by atoms with Crippen LogP contribution in [-0.4, -0.2) is 34.1 Å². The van der Waals surface area contributed by atoms with E-state index in [2.05, 4.69) is 15.4 Å². The van der Waals surface area contributed by atoms with Crippen LogP contribution >= 0.6 is 11.3 Å². The van der Waals surface area contributed by atoms with Crippen LogP contribution < -0.4 is 15.8 Å². The average molecular weight is 385 g/mol. The molecule has 3 aromatic rings. The number of aryl methyl sites for hydroxylation is 3. The molecule has 1 N–H and O–H groups in total. The van der Waals surface area contributed by atoms with Crippen LogP contribution in [0.2, 0.25) is 0 Å². The van der Waals surface area contributed by atoms with Gasteiger partial charge in [0, 0.05) is 24.5 Å². The first-order valence-corrected chi connectivity index (χ1v) is 9.67. The van der Waals surface area contributed by atoms with Crippen molar-refractivity contribution < 1.29 is 4.79 Å². The van der Waals surface area contributed by atoms with Crippen LogP contribution in [0.4, 0.5) is 10.8 Å². The number of carbonyl (C=O) groups excluding carboxylic acids is 1. The van der Waals surface area contributed by atoms with E-state index in [1.807, 2.05) is 39.0 Å². The Morgan fingerprint density at radius 3 is 2.67 bits per heavy atom. The van der Waals surface area contributed by atoms with Crippen LogP contribution in [-0.2, 0) is 11.2 Å². The van der Waals surface area contributed by atoms with Crippen LogP contribution in [0.15, 0.2) is 29.1 Å². The quantitative estimate of drug-likeness (QED) is 0.706. The van der Waals surface area contributed by atoms with E-state index in [0.29, 0.717) is 10.1 Å². The second-order valence-corrected chi connectivity index (χ2v) is 7.52. The van der Waals surface area contributed by atoms with E-state index >= 15 is 0 Å². The van der Waals surface area contributed by atoms with Crippen molar-refractivity contribution in [3.05, 3.63) is 51.4 Å². The maximum Gasteiger partial charge on any atom is 0.275 e. The van der Waals surface area contributed by atoms with Crippen molar-refractivity contribution in [1.82, 2.24) is 14.6 Å². The summed E-state index contributed by atoms with van der Waals surface area (Å²) in [6.45, 7) is 6.10. The van der Waals surface area contributed by atoms with Crippen molar-refractivity contribution >= 4 is 33.0 Å². The molecule has 0 radical (unpaired) electrons. The van der Waals surface area contributed by atoms with Crippen molar-refractivity contribution in [1.29, 1.82) is 0 Å². The topological polar surface area (TPSA) is 79.6 Å². The smallest absolute Gasteiger partial charge is 0.275 e. The lowest BCUT2D eigenvalue weighted by molar-refractivity contribution is -0.114. The Balaban J connectivity index is 1.77. The van der Waals surface area contributed by atoms with E-state index in [1.54, 1.807) is 11.9 Å². The Hall–Kier alpha value is -2.74. The molecule has 0 aliphatic heterocycles. The SMILES string of the molecule is CCCc1cc(=O)n2nc(N(C)CC(=O)Nc3c(C)cccc3C)sc2n1. The van der Waals surface area contributed by atoms with Crippen molar-refractivity contribution in [2.45, 2.75) is 33.6 Å². The molecule has 0 unspecified atom stereocenters. The Kier molecular flexibility index (Phi) is 5.55. The van der Waals surface area contributed by atoms with Gasteiger partial charge in [0.05, 0.1) is 6.54 Å². The van der Waals surface area contributed by atoms with E-state index < -0.39 is 0 Å². The number of benzene rings is 1. The largest absolute Gasteiger partial charge is 0.340 e. The highest BCUT2D eigenvalue weighted by atomic mass is 32.1. The van der Waals surface area contributed by atoms with E-state index in [4.69, 9.17) is 0 Å². The summed E-state index contributed by atoms with van der Waals surface area (Å²) in [4.78, 5) is 31.4. The number of para-hydroxylation sites is 1. The maximum atomic E-state index is 12.5. The maximum absolute atomic E-state index is 12.5. The first-order chi connectivity index (χ1) is 12.9. The molecule has 0 bridgehead atoms. The minimum atomic E-state index is -0.195. The molecule has 3 rings (SSSR count). The number of rotatable bonds is 6. The average Bonchev–Trinajstić information content (AvgIpc) is 3.03. The molecule has 0 spiro atoms. The molecule has 2 heterocycles. The number of likely N-dealkylation sites (N-methyl/N-ethyl adjacent to an activating group) is 1. The molecule has 8 heteroatoms. The van der Waals surface area contributed by atoms with Gasteiger partial charge in [-0.1, -0.05) is 42.9 Å². The summed E-state index contributed by atoms with van der Waals surface area (Å²) in [5.41, 5.74) is 3.45. The van der Waals surface area contributed by atoms with Gasteiger partial charge in [-0.15, -0.1) is 5.10 Å². The highest BCUT2D eigenvalue weighted by molar-refractivity contribution is 7.20. The van der Waals surface area contributed by atoms with Gasteiger partial charge in [-0.05, 0) is 31.4 Å². The summed E-state index contributed by atoms with van der Waals surface area (Å²) in [5, 5.41) is 7.85. The first-order valence-electron chi connectivity index (χ1n) is 8.86. The van der Waals surface area contributed by atoms with Crippen molar-refractivity contribution in [2.75, 3.05) is 23.8 Å². The van der Waals surface area contributed by atoms with Gasteiger partial charge in [0.15, 0.2) is 0 Å². The number of anilines is 2. The molecule has 2 aromatic heterocycles. The highest BCUT2D eigenvalue weighted by Crippen LogP contribution is 2.22. The number of amides is 1. The van der Waals surface area contributed by atoms with Crippen molar-refractivity contribution in [3.8, 4) is 0 Å². The summed E-state index contributed by atoms with van der Waals surface area (Å²) in [6, 6.07) is 7.41. The summed E-state index contributed by atoms with van der Waals surface area (Å²) >= 11 is 1.30. The highest BCUT2D eigenvalue weighted by Gasteiger charge is 2.15. The lowest BCUT2D eigenvalue weighted by Gasteiger charge is -2.16. The lowest BCUT2D eigenvalue weighted by Crippen LogP contribution is -2.30. The molecule has 1 amide bonds. The van der Waals surface area contributed by atoms with Crippen molar-refractivity contribution in [2.24, 2.45) is 0 Å². The number of nitrogens with zero attached hydrogens (tertiary/aromatic N) is 4. The molecule has 7 nitrogen and oxygen atoms in total. The van der Waals surface area contributed by atoms with Gasteiger partial charge < -0.3 is 10.2 Å². The molecule has 27 heavy (non-hydrogen) atoms. The van der Waals surface area contributed by atoms with Gasteiger partial charge in [-0.25, -0.2) is 4.98 Å². The van der Waals surface area contributed by atoms with Crippen molar-refractivity contribution in [3.63, 3.8) is 0 Å². The fraction of sp³-hybridized carbons (Fsp3) is 0.368. The number of aromatic nitrogens is 3. The zero-order chi connectivity index (χ0) is 19.6. The van der Waals surface area contributed by atoms with E-state index in [9.17, 15) is 9.59 Å². The molecular weight excluding hydrogens is 362 g/mol. The standard InChI is InChI=1S/C19H23N5O2S/c1-5-7-14-10-16(26)24-18(20-14)27-19(22-24)23(4)11-15(25)21-17-12(2)8-6-9-13(17)3/h6,8-10H,5,7,11H2,1-4H3,(H,21,25). The fourth-order valence-corrected chi connectivity index (χ4v) is 3.74. The van der Waals surface area contributed by atoms with Crippen LogP contribution in [0, 0.1) is 13.8 Å². The van der Waals surface area contributed by atoms with Gasteiger partial charge in [0.2, 0.25) is 16.0 Å². The number of fused-ring (bicyclic) bond motifs is 1. The summed E-state index contributed by atoms with van der Waals surface area (Å²) in [7, 11) is 1.78. The molecule has 0 fully saturated rings. The molecule has 0 saturated carbocycles. The monoisotopic (exact) mass is 385 g/mol. The minimum absolute atomic E-state index is 0.129. The van der Waals surface area contributed by atoms with Crippen LogP contribution in [0.5, 0.6) is 0 Å². The Labute approximate surface area is 161 Å². The van der Waals surface area contributed by atoms with Gasteiger partial charge in [0.1, 0.15) is 0 Å². The molecule has 0 aliphatic rings. The molecule has 142 valence electrons. The Morgan fingerprint density at radius 2 is 2.00 bits per heavy atom. The van der Waals surface area contributed by atoms with E-state index in [-0.39, 0.29) is 18.0 Å². The zero-order valence-electron chi connectivity index (χ0n) is 15.9. The predicted molar refractivity (Wildman–Crippen MR) is 109 cm³/mol. The molecule has 0 saturated heterocycles. The summed E-state index contributed by atoms with van der Waals surface area (Å²) in [6.07, 6.45) is 1.68. The third-order valence-electron chi connectivity index (χ3n) is 4.25. The number of hydrogen-bond donors (Lipinski definition) is 1. The Morgan fingerprint density at radius 1 is 1.30 bits per heavy atom. The van der Waals surface area contributed by atoms with Gasteiger partial charge >= 0.3 is 0 Å². The molecule has 0 aliphatic carbocycles. The van der Waals surface area contributed by atoms with Gasteiger partial charge in [0.25, 0.3) is 5.56 Å². The van der Waals surface area contributed by atoms with E-state index in [1.165, 1.54) is 21.9 Å². The summed E-state index contributed by atoms with van der Waals surface area (Å²) < 4.78 is 1.29. The van der Waals surface area contributed by atoms with Gasteiger partial charge in [-0.2, -0.15) is 4.52 Å². The number of hydrogen-bond acceptors (Lipinski definition) is 6. The van der Waals surface area contributed by atoms with Crippen LogP contribution in [0.3, 0.4) is 0 Å². The number of nitrogens with one attached hydrogen (secondary N) is 1. The summed E-state index contributed by atoms with van der Waals surface area (Å²) in [5.74, 6) is -0.138. The lowest BCUT2D eigenvalue weighted by atomic mass is 10.1. The Bertz CT molecular complexity index is 1020. The minimum Gasteiger partial charge on any atom is -0.340 e. The number of carbonyl (C=O) groups is 1. The van der Waals surface area contributed by atoms with Crippen LogP contribution in [0.1, 0.15) is 30.2 Å². The second-order valence-electron chi connectivity index (χ2n) is 6.59. The van der Waals surface area contributed by atoms with Gasteiger partial charge in [-0.3, -0.25) is 9.59 Å². The second kappa shape index (κ2) is 7.87. The predicted octanol–water partition coefficient (Wildman–Crippen LogP) is 2.80. The first kappa shape index (κ1) is 19.0. The fourth-order valence-electron chi connectivity index (χ4n) is 2.86. The molecule has 1 aromatic carbocycles. The third-order valence-corrected chi connectivity index (χ3v) is 5.27. The zero-order valence-corrected chi connectivity index (χ0v) is 16.8.